The number of hydrogen-bond acceptors (Lipinski definition) is 3. The van der Waals surface area contributed by atoms with Gasteiger partial charge in [-0.25, -0.2) is 0 Å². The second-order valence-corrected chi connectivity index (χ2v) is 7.33. The first-order valence-electron chi connectivity index (χ1n) is 10.2. The van der Waals surface area contributed by atoms with Gasteiger partial charge in [-0.15, -0.1) is 0 Å². The molecule has 30 heavy (non-hydrogen) atoms. The van der Waals surface area contributed by atoms with Gasteiger partial charge in [0.15, 0.2) is 0 Å². The first kappa shape index (κ1) is 19.7. The smallest absolute Gasteiger partial charge is 0.255 e. The number of likely N-dealkylation sites (tertiary alicyclic amines) is 1. The van der Waals surface area contributed by atoms with Gasteiger partial charge in [0, 0.05) is 29.9 Å². The van der Waals surface area contributed by atoms with Crippen LogP contribution >= 0.6 is 0 Å². The molecule has 1 heterocycles. The van der Waals surface area contributed by atoms with Crippen LogP contribution in [-0.2, 0) is 0 Å². The van der Waals surface area contributed by atoms with Gasteiger partial charge in [-0.1, -0.05) is 30.3 Å². The number of benzene rings is 3. The van der Waals surface area contributed by atoms with Crippen LogP contribution in [0.1, 0.15) is 40.0 Å². The molecule has 5 heteroatoms. The number of nitrogens with one attached hydrogen (secondary N) is 1. The first-order valence-corrected chi connectivity index (χ1v) is 10.2. The highest BCUT2D eigenvalue weighted by Gasteiger charge is 2.18. The monoisotopic (exact) mass is 400 g/mol. The van der Waals surface area contributed by atoms with E-state index in [0.29, 0.717) is 28.3 Å². The third-order valence-corrected chi connectivity index (χ3v) is 5.09. The van der Waals surface area contributed by atoms with E-state index in [9.17, 15) is 9.59 Å². The zero-order valence-electron chi connectivity index (χ0n) is 16.7. The normalized spacial score (nSPS) is 13.5. The van der Waals surface area contributed by atoms with Crippen molar-refractivity contribution in [3.05, 3.63) is 90.0 Å². The Labute approximate surface area is 176 Å². The van der Waals surface area contributed by atoms with Crippen LogP contribution < -0.4 is 10.1 Å². The van der Waals surface area contributed by atoms with Gasteiger partial charge in [0.2, 0.25) is 0 Å². The van der Waals surface area contributed by atoms with Crippen molar-refractivity contribution in [3.63, 3.8) is 0 Å². The highest BCUT2D eigenvalue weighted by Crippen LogP contribution is 2.23. The van der Waals surface area contributed by atoms with E-state index in [4.69, 9.17) is 4.74 Å². The molecule has 1 aliphatic rings. The lowest BCUT2D eigenvalue weighted by atomic mass is 10.1. The maximum atomic E-state index is 12.7. The summed E-state index contributed by atoms with van der Waals surface area (Å²) in [5.74, 6) is 1.06. The third kappa shape index (κ3) is 4.87. The maximum Gasteiger partial charge on any atom is 0.255 e. The van der Waals surface area contributed by atoms with Crippen molar-refractivity contribution in [3.8, 4) is 11.5 Å². The van der Waals surface area contributed by atoms with Crippen LogP contribution in [0.3, 0.4) is 0 Å². The number of piperidine rings is 1. The second kappa shape index (κ2) is 9.27. The number of amides is 2. The summed E-state index contributed by atoms with van der Waals surface area (Å²) in [5.41, 5.74) is 1.67. The van der Waals surface area contributed by atoms with Crippen LogP contribution in [0.25, 0.3) is 0 Å². The summed E-state index contributed by atoms with van der Waals surface area (Å²) >= 11 is 0. The molecule has 1 saturated heterocycles. The average molecular weight is 400 g/mol. The van der Waals surface area contributed by atoms with Crippen molar-refractivity contribution in [2.75, 3.05) is 18.4 Å². The fourth-order valence-corrected chi connectivity index (χ4v) is 3.54. The zero-order chi connectivity index (χ0) is 20.8. The lowest BCUT2D eigenvalue weighted by molar-refractivity contribution is 0.0724. The summed E-state index contributed by atoms with van der Waals surface area (Å²) in [6.07, 6.45) is 3.26. The summed E-state index contributed by atoms with van der Waals surface area (Å²) in [4.78, 5) is 27.3. The van der Waals surface area contributed by atoms with Crippen molar-refractivity contribution >= 4 is 17.5 Å². The highest BCUT2D eigenvalue weighted by atomic mass is 16.5. The number of ether oxygens (including phenoxy) is 1. The minimum atomic E-state index is -0.254. The Kier molecular flexibility index (Phi) is 6.09. The number of carbonyl (C=O) groups excluding carboxylic acids is 2. The predicted molar refractivity (Wildman–Crippen MR) is 117 cm³/mol. The number of hydrogen-bond donors (Lipinski definition) is 1. The minimum Gasteiger partial charge on any atom is -0.457 e. The van der Waals surface area contributed by atoms with Gasteiger partial charge in [0.1, 0.15) is 11.5 Å². The second-order valence-electron chi connectivity index (χ2n) is 7.33. The average Bonchev–Trinajstić information content (AvgIpc) is 2.80. The molecule has 0 radical (unpaired) electrons. The van der Waals surface area contributed by atoms with E-state index in [0.717, 1.165) is 25.9 Å². The van der Waals surface area contributed by atoms with Gasteiger partial charge in [0.25, 0.3) is 11.8 Å². The van der Waals surface area contributed by atoms with Crippen LogP contribution in [0.15, 0.2) is 78.9 Å². The van der Waals surface area contributed by atoms with E-state index in [1.54, 1.807) is 42.5 Å². The quantitative estimate of drug-likeness (QED) is 0.627. The van der Waals surface area contributed by atoms with Crippen molar-refractivity contribution in [2.24, 2.45) is 0 Å². The molecule has 3 aromatic carbocycles. The molecular formula is C25H24N2O3. The number of nitrogens with zero attached hydrogens (tertiary/aromatic N) is 1. The van der Waals surface area contributed by atoms with E-state index in [-0.39, 0.29) is 11.8 Å². The largest absolute Gasteiger partial charge is 0.457 e. The molecule has 0 aromatic heterocycles. The van der Waals surface area contributed by atoms with Gasteiger partial charge in [-0.05, 0) is 67.8 Å². The molecule has 152 valence electrons. The van der Waals surface area contributed by atoms with Crippen molar-refractivity contribution in [1.82, 2.24) is 4.90 Å². The molecule has 0 saturated carbocycles. The third-order valence-electron chi connectivity index (χ3n) is 5.09. The Bertz CT molecular complexity index is 1030. The Morgan fingerprint density at radius 1 is 0.733 bits per heavy atom. The van der Waals surface area contributed by atoms with Crippen molar-refractivity contribution < 1.29 is 14.3 Å². The van der Waals surface area contributed by atoms with Crippen LogP contribution in [-0.4, -0.2) is 29.8 Å². The highest BCUT2D eigenvalue weighted by molar-refractivity contribution is 6.05. The maximum absolute atomic E-state index is 12.7. The number of para-hydroxylation sites is 1. The van der Waals surface area contributed by atoms with E-state index in [1.807, 2.05) is 41.3 Å². The summed E-state index contributed by atoms with van der Waals surface area (Å²) in [7, 11) is 0. The van der Waals surface area contributed by atoms with Crippen molar-refractivity contribution in [2.45, 2.75) is 19.3 Å². The predicted octanol–water partition coefficient (Wildman–Crippen LogP) is 5.36. The van der Waals surface area contributed by atoms with Crippen LogP contribution in [0.2, 0.25) is 0 Å². The Balaban J connectivity index is 1.45. The summed E-state index contributed by atoms with van der Waals surface area (Å²) in [6.45, 7) is 1.59. The van der Waals surface area contributed by atoms with Crippen LogP contribution in [0.4, 0.5) is 5.69 Å². The molecular weight excluding hydrogens is 376 g/mol. The number of carbonyl (C=O) groups is 2. The lowest BCUT2D eigenvalue weighted by Gasteiger charge is -2.26. The molecule has 0 spiro atoms. The topological polar surface area (TPSA) is 58.6 Å². The van der Waals surface area contributed by atoms with E-state index in [1.165, 1.54) is 6.42 Å². The Morgan fingerprint density at radius 2 is 1.43 bits per heavy atom. The van der Waals surface area contributed by atoms with E-state index < -0.39 is 0 Å². The van der Waals surface area contributed by atoms with E-state index >= 15 is 0 Å². The molecule has 1 aliphatic heterocycles. The standard InChI is InChI=1S/C25H24N2O3/c28-24(19-9-8-14-23(18-19)30-22-12-3-1-4-13-22)26-21-11-7-10-20(17-21)25(29)27-15-5-2-6-16-27/h1,3-4,7-14,17-18H,2,5-6,15-16H2,(H,26,28). The molecule has 3 aromatic rings. The van der Waals surface area contributed by atoms with E-state index in [2.05, 4.69) is 5.32 Å². The molecule has 0 bridgehead atoms. The lowest BCUT2D eigenvalue weighted by Crippen LogP contribution is -2.35. The zero-order valence-corrected chi connectivity index (χ0v) is 16.7. The molecule has 4 rings (SSSR count). The molecule has 0 aliphatic carbocycles. The summed E-state index contributed by atoms with van der Waals surface area (Å²) in [6, 6.07) is 23.5. The van der Waals surface area contributed by atoms with Crippen LogP contribution in [0.5, 0.6) is 11.5 Å². The number of rotatable bonds is 5. The van der Waals surface area contributed by atoms with Gasteiger partial charge in [0.05, 0.1) is 0 Å². The SMILES string of the molecule is O=C(Nc1cccc(C(=O)N2CCCCC2)c1)c1cccc(Oc2ccccc2)c1. The van der Waals surface area contributed by atoms with Gasteiger partial charge >= 0.3 is 0 Å². The summed E-state index contributed by atoms with van der Waals surface area (Å²) < 4.78 is 5.81. The summed E-state index contributed by atoms with van der Waals surface area (Å²) in [5, 5.41) is 2.88. The fourth-order valence-electron chi connectivity index (χ4n) is 3.54. The van der Waals surface area contributed by atoms with Gasteiger partial charge in [-0.3, -0.25) is 9.59 Å². The van der Waals surface area contributed by atoms with Gasteiger partial charge in [-0.2, -0.15) is 0 Å². The molecule has 5 nitrogen and oxygen atoms in total. The first-order chi connectivity index (χ1) is 14.7. The minimum absolute atomic E-state index is 0.0176. The van der Waals surface area contributed by atoms with Gasteiger partial charge < -0.3 is 15.0 Å². The molecule has 0 unspecified atom stereocenters. The van der Waals surface area contributed by atoms with Crippen molar-refractivity contribution in [1.29, 1.82) is 0 Å². The molecule has 2 amide bonds. The molecule has 1 fully saturated rings. The molecule has 1 N–H and O–H groups in total. The Hall–Kier alpha value is -3.60. The number of anilines is 1. The van der Waals surface area contributed by atoms with Crippen LogP contribution in [0, 0.1) is 0 Å². The Morgan fingerprint density at radius 3 is 2.23 bits per heavy atom. The fraction of sp³-hybridized carbons (Fsp3) is 0.200. The molecule has 0 atom stereocenters.